The summed E-state index contributed by atoms with van der Waals surface area (Å²) >= 11 is 1.93. The molecule has 1 saturated heterocycles. The molecule has 1 aliphatic heterocycles. The fourth-order valence-electron chi connectivity index (χ4n) is 6.56. The Morgan fingerprint density at radius 2 is 1.81 bits per heavy atom. The van der Waals surface area contributed by atoms with Gasteiger partial charge in [0.1, 0.15) is 11.6 Å². The molecule has 0 bridgehead atoms. The van der Waals surface area contributed by atoms with Crippen molar-refractivity contribution in [2.75, 3.05) is 11.5 Å². The van der Waals surface area contributed by atoms with Crippen molar-refractivity contribution in [1.29, 1.82) is 0 Å². The lowest BCUT2D eigenvalue weighted by Crippen LogP contribution is -2.43. The highest BCUT2D eigenvalue weighted by atomic mass is 32.2. The second-order valence-corrected chi connectivity index (χ2v) is 12.4. The number of aryl methyl sites for hydroxylation is 1. The van der Waals surface area contributed by atoms with Gasteiger partial charge < -0.3 is 5.32 Å². The summed E-state index contributed by atoms with van der Waals surface area (Å²) in [5.41, 5.74) is 2.08. The van der Waals surface area contributed by atoms with Crippen molar-refractivity contribution < 1.29 is 18.8 Å². The molecule has 1 N–H and O–H groups in total. The summed E-state index contributed by atoms with van der Waals surface area (Å²) in [4.78, 5) is 44.6. The number of ketones is 2. The van der Waals surface area contributed by atoms with E-state index in [9.17, 15) is 18.8 Å². The highest BCUT2D eigenvalue weighted by Gasteiger charge is 2.43. The van der Waals surface area contributed by atoms with E-state index in [1.165, 1.54) is 12.3 Å². The lowest BCUT2D eigenvalue weighted by atomic mass is 9.65. The summed E-state index contributed by atoms with van der Waals surface area (Å²) in [5, 5.41) is 3.17. The number of nitrogens with one attached hydrogen (secondary N) is 1. The Bertz CT molecular complexity index is 1190. The number of Topliss-reactive ketones (excluding diaryl/α,β-unsaturated/α-hetero) is 2. The van der Waals surface area contributed by atoms with Crippen LogP contribution in [0.15, 0.2) is 36.5 Å². The minimum Gasteiger partial charge on any atom is -0.349 e. The Morgan fingerprint density at radius 1 is 1.08 bits per heavy atom. The first-order valence-electron chi connectivity index (χ1n) is 13.5. The number of benzene rings is 1. The van der Waals surface area contributed by atoms with E-state index in [0.717, 1.165) is 42.8 Å². The number of rotatable bonds is 3. The Balaban J connectivity index is 1.37. The molecule has 196 valence electrons. The summed E-state index contributed by atoms with van der Waals surface area (Å²) in [7, 11) is 0. The van der Waals surface area contributed by atoms with Gasteiger partial charge in [0, 0.05) is 42.3 Å². The molecule has 0 radical (unpaired) electrons. The fourth-order valence-corrected chi connectivity index (χ4v) is 7.70. The highest BCUT2D eigenvalue weighted by Crippen LogP contribution is 2.46. The molecule has 7 heteroatoms. The first-order valence-corrected chi connectivity index (χ1v) is 14.6. The van der Waals surface area contributed by atoms with E-state index in [1.807, 2.05) is 43.0 Å². The van der Waals surface area contributed by atoms with Gasteiger partial charge in [-0.15, -0.1) is 0 Å². The molecular weight excluding hydrogens is 487 g/mol. The number of carbonyl (C=O) groups is 3. The molecule has 2 aliphatic carbocycles. The Hall–Kier alpha value is -2.54. The topological polar surface area (TPSA) is 76.1 Å². The van der Waals surface area contributed by atoms with Crippen LogP contribution in [0.1, 0.15) is 83.3 Å². The highest BCUT2D eigenvalue weighted by molar-refractivity contribution is 7.99. The van der Waals surface area contributed by atoms with Crippen molar-refractivity contribution in [3.8, 4) is 0 Å². The summed E-state index contributed by atoms with van der Waals surface area (Å²) in [6, 6.07) is 8.86. The molecule has 1 saturated carbocycles. The number of pyridine rings is 1. The SMILES string of the molecule is Cc1ccccc1C(=O)NC1CCC2(CC1)CC(=O)c1cc(F)cnc1CC(C1CCSCC1)C(=O)C2. The molecule has 2 heterocycles. The van der Waals surface area contributed by atoms with Gasteiger partial charge >= 0.3 is 0 Å². The minimum atomic E-state index is -0.514. The van der Waals surface area contributed by atoms with E-state index >= 15 is 0 Å². The number of fused-ring (bicyclic) bond motifs is 1. The van der Waals surface area contributed by atoms with Crippen molar-refractivity contribution in [2.45, 2.75) is 70.8 Å². The van der Waals surface area contributed by atoms with Gasteiger partial charge in [-0.1, -0.05) is 18.2 Å². The maximum atomic E-state index is 14.2. The molecule has 2 aromatic rings. The summed E-state index contributed by atoms with van der Waals surface area (Å²) in [5.74, 6) is 1.71. The number of aromatic nitrogens is 1. The van der Waals surface area contributed by atoms with Gasteiger partial charge in [-0.3, -0.25) is 19.4 Å². The number of amides is 1. The predicted molar refractivity (Wildman–Crippen MR) is 143 cm³/mol. The lowest BCUT2D eigenvalue weighted by Gasteiger charge is -2.40. The van der Waals surface area contributed by atoms with E-state index in [4.69, 9.17) is 0 Å². The van der Waals surface area contributed by atoms with Crippen LogP contribution in [-0.4, -0.2) is 40.0 Å². The van der Waals surface area contributed by atoms with Gasteiger partial charge in [-0.2, -0.15) is 11.8 Å². The zero-order chi connectivity index (χ0) is 26.0. The van der Waals surface area contributed by atoms with Gasteiger partial charge in [0.05, 0.1) is 11.9 Å². The Labute approximate surface area is 222 Å². The smallest absolute Gasteiger partial charge is 0.251 e. The van der Waals surface area contributed by atoms with E-state index in [0.29, 0.717) is 42.5 Å². The van der Waals surface area contributed by atoms with Crippen LogP contribution in [0.4, 0.5) is 4.39 Å². The van der Waals surface area contributed by atoms with Gasteiger partial charge in [0.15, 0.2) is 5.78 Å². The second kappa shape index (κ2) is 11.1. The molecule has 2 fully saturated rings. The third-order valence-corrected chi connectivity index (χ3v) is 9.80. The minimum absolute atomic E-state index is 0.00752. The zero-order valence-corrected chi connectivity index (χ0v) is 22.2. The normalized spacial score (nSPS) is 27.2. The molecule has 3 aliphatic rings. The number of halogens is 1. The molecule has 1 amide bonds. The molecule has 1 unspecified atom stereocenters. The first-order chi connectivity index (χ1) is 17.8. The average molecular weight is 523 g/mol. The molecule has 5 nitrogen and oxygen atoms in total. The zero-order valence-electron chi connectivity index (χ0n) is 21.4. The third-order valence-electron chi connectivity index (χ3n) is 8.76. The van der Waals surface area contributed by atoms with E-state index in [-0.39, 0.29) is 41.8 Å². The molecule has 1 spiro atoms. The van der Waals surface area contributed by atoms with Gasteiger partial charge in [0.25, 0.3) is 5.91 Å². The maximum absolute atomic E-state index is 14.2. The van der Waals surface area contributed by atoms with E-state index < -0.39 is 11.2 Å². The van der Waals surface area contributed by atoms with Crippen molar-refractivity contribution >= 4 is 29.2 Å². The standard InChI is InChI=1S/C30H35FN2O3S/c1-19-4-2-3-5-23(19)29(36)33-22-6-10-30(11-7-22)16-27(34)24(20-8-12-37-13-9-20)15-26-25(28(35)17-30)14-21(31)18-32-26/h2-5,14,18,20,22,24H,6-13,15-17H2,1H3,(H,33,36). The van der Waals surface area contributed by atoms with Crippen LogP contribution in [0.5, 0.6) is 0 Å². The van der Waals surface area contributed by atoms with E-state index in [1.54, 1.807) is 0 Å². The Kier molecular flexibility index (Phi) is 7.80. The average Bonchev–Trinajstić information content (AvgIpc) is 2.93. The molecule has 37 heavy (non-hydrogen) atoms. The quantitative estimate of drug-likeness (QED) is 0.557. The predicted octanol–water partition coefficient (Wildman–Crippen LogP) is 5.74. The lowest BCUT2D eigenvalue weighted by molar-refractivity contribution is -0.127. The molecule has 5 rings (SSSR count). The van der Waals surface area contributed by atoms with Crippen LogP contribution in [0.2, 0.25) is 0 Å². The number of hydrogen-bond acceptors (Lipinski definition) is 5. The van der Waals surface area contributed by atoms with E-state index in [2.05, 4.69) is 10.3 Å². The van der Waals surface area contributed by atoms with Crippen LogP contribution in [0.25, 0.3) is 0 Å². The second-order valence-electron chi connectivity index (χ2n) is 11.2. The number of thioether (sulfide) groups is 1. The van der Waals surface area contributed by atoms with Crippen molar-refractivity contribution in [3.63, 3.8) is 0 Å². The van der Waals surface area contributed by atoms with Crippen molar-refractivity contribution in [1.82, 2.24) is 10.3 Å². The largest absolute Gasteiger partial charge is 0.349 e. The van der Waals surface area contributed by atoms with Gasteiger partial charge in [0.2, 0.25) is 0 Å². The monoisotopic (exact) mass is 522 g/mol. The van der Waals surface area contributed by atoms with Gasteiger partial charge in [-0.25, -0.2) is 4.39 Å². The Morgan fingerprint density at radius 3 is 2.54 bits per heavy atom. The van der Waals surface area contributed by atoms with Crippen molar-refractivity contribution in [2.24, 2.45) is 17.3 Å². The molecule has 1 atom stereocenters. The van der Waals surface area contributed by atoms with Crippen LogP contribution < -0.4 is 5.32 Å². The van der Waals surface area contributed by atoms with Crippen LogP contribution >= 0.6 is 11.8 Å². The third kappa shape index (κ3) is 5.82. The summed E-state index contributed by atoms with van der Waals surface area (Å²) in [6.45, 7) is 1.93. The summed E-state index contributed by atoms with van der Waals surface area (Å²) < 4.78 is 14.2. The molecule has 1 aromatic carbocycles. The van der Waals surface area contributed by atoms with Crippen LogP contribution in [-0.2, 0) is 11.2 Å². The fraction of sp³-hybridized carbons (Fsp3) is 0.533. The maximum Gasteiger partial charge on any atom is 0.251 e. The van der Waals surface area contributed by atoms with Crippen LogP contribution in [0, 0.1) is 30.0 Å². The van der Waals surface area contributed by atoms with Crippen molar-refractivity contribution in [3.05, 3.63) is 64.7 Å². The summed E-state index contributed by atoms with van der Waals surface area (Å²) in [6.07, 6.45) is 6.99. The molecular formula is C30H35FN2O3S. The number of hydrogen-bond donors (Lipinski definition) is 1. The van der Waals surface area contributed by atoms with Gasteiger partial charge in [-0.05, 0) is 86.0 Å². The molecule has 1 aromatic heterocycles. The first kappa shape index (κ1) is 26.1. The number of nitrogens with zero attached hydrogens (tertiary/aromatic N) is 1. The van der Waals surface area contributed by atoms with Crippen LogP contribution in [0.3, 0.4) is 0 Å². The number of carbonyl (C=O) groups excluding carboxylic acids is 3.